The van der Waals surface area contributed by atoms with Crippen LogP contribution in [-0.2, 0) is 33.5 Å². The van der Waals surface area contributed by atoms with E-state index >= 15 is 0 Å². The maximum Gasteiger partial charge on any atom is 0.211 e. The smallest absolute Gasteiger partial charge is 0.211 e. The number of benzene rings is 6. The highest BCUT2D eigenvalue weighted by Crippen LogP contribution is 2.57. The van der Waals surface area contributed by atoms with Crippen molar-refractivity contribution in [2.75, 3.05) is 4.90 Å². The first-order chi connectivity index (χ1) is 31.3. The van der Waals surface area contributed by atoms with E-state index in [0.29, 0.717) is 0 Å². The molecule has 12 rings (SSSR count). The summed E-state index contributed by atoms with van der Waals surface area (Å²) in [5, 5.41) is 4.04. The number of aromatic nitrogens is 1. The number of nitrogens with one attached hydrogen (secondary N) is 1. The van der Waals surface area contributed by atoms with Crippen LogP contribution in [0.5, 0.6) is 0 Å². The van der Waals surface area contributed by atoms with E-state index in [1.807, 2.05) is 11.3 Å². The van der Waals surface area contributed by atoms with Gasteiger partial charge >= 0.3 is 0 Å². The van der Waals surface area contributed by atoms with Gasteiger partial charge in [0.2, 0.25) is 7.28 Å². The molecule has 6 aromatic carbocycles. The fraction of sp³-hybridized carbons (Fsp3) is 0.387. The summed E-state index contributed by atoms with van der Waals surface area (Å²) in [4.78, 5) is 6.79. The van der Waals surface area contributed by atoms with Gasteiger partial charge in [0.05, 0.1) is 11.2 Å². The van der Waals surface area contributed by atoms with Crippen molar-refractivity contribution in [1.29, 1.82) is 0 Å². The van der Waals surface area contributed by atoms with E-state index in [1.165, 1.54) is 164 Å². The van der Waals surface area contributed by atoms with Crippen molar-refractivity contribution in [2.24, 2.45) is 0 Å². The predicted molar refractivity (Wildman–Crippen MR) is 288 cm³/mol. The van der Waals surface area contributed by atoms with Crippen LogP contribution < -0.4 is 15.1 Å². The standard InChI is InChI=1S/C62H66BN2S/c1-13-14-17-36-29-41-39-28-35(2)20-23-49(39)64-55(41)43(30-36)52-53-40(38-18-15-16-19-44(38)62(53,11)12)33-50-54(52)63-57-56(42-32-47-48(34-51(42)66-57)61(9,10)27-26-60(47,7)8)65(50)37-21-22-45-46(31-37)59(5,6)25-24-58(45,3)4/h15-16,18-23,28-34,64H,13-14,17,24-27H2,1-12H3. The van der Waals surface area contributed by atoms with Gasteiger partial charge in [-0.1, -0.05) is 125 Å². The van der Waals surface area contributed by atoms with Gasteiger partial charge in [-0.15, -0.1) is 11.3 Å². The average molecular weight is 882 g/mol. The lowest BCUT2D eigenvalue weighted by Crippen LogP contribution is -2.41. The van der Waals surface area contributed by atoms with Gasteiger partial charge in [0.15, 0.2) is 0 Å². The number of hydrogen-bond acceptors (Lipinski definition) is 2. The van der Waals surface area contributed by atoms with Gasteiger partial charge in [-0.25, -0.2) is 0 Å². The van der Waals surface area contributed by atoms with Gasteiger partial charge in [-0.2, -0.15) is 0 Å². The Hall–Kier alpha value is -5.06. The average Bonchev–Trinajstić information content (AvgIpc) is 3.90. The number of hydrogen-bond donors (Lipinski definition) is 1. The van der Waals surface area contributed by atoms with Crippen LogP contribution in [0.25, 0.3) is 54.1 Å². The maximum absolute atomic E-state index is 4.06. The van der Waals surface area contributed by atoms with Crippen LogP contribution in [0, 0.1) is 6.92 Å². The largest absolute Gasteiger partial charge is 0.354 e. The first kappa shape index (κ1) is 42.3. The lowest BCUT2D eigenvalue weighted by Gasteiger charge is -2.43. The SMILES string of the molecule is CCCCc1cc(-c2c3c(cc4c2C(C)(C)c2ccccc2-4)N(c2ccc4c(c2)C(C)(C)CCC4(C)C)c2c(sc4cc5c(cc24)C(C)(C)CCC5(C)C)[B]3)c2[nH]c3ccc(C)cc3c2c1. The summed E-state index contributed by atoms with van der Waals surface area (Å²) in [6.07, 6.45) is 8.19. The van der Waals surface area contributed by atoms with E-state index in [-0.39, 0.29) is 27.1 Å². The topological polar surface area (TPSA) is 19.0 Å². The summed E-state index contributed by atoms with van der Waals surface area (Å²) in [6, 6.07) is 36.8. The lowest BCUT2D eigenvalue weighted by molar-refractivity contribution is 0.332. The molecule has 3 heterocycles. The molecule has 4 heteroatoms. The van der Waals surface area contributed by atoms with E-state index in [1.54, 1.807) is 0 Å². The molecule has 0 amide bonds. The minimum atomic E-state index is -0.221. The van der Waals surface area contributed by atoms with Crippen molar-refractivity contribution < 1.29 is 0 Å². The summed E-state index contributed by atoms with van der Waals surface area (Å²) < 4.78 is 2.75. The molecule has 1 radical (unpaired) electrons. The zero-order valence-electron chi connectivity index (χ0n) is 41.5. The highest BCUT2D eigenvalue weighted by molar-refractivity contribution is 7.29. The Labute approximate surface area is 398 Å². The molecule has 8 aromatic rings. The van der Waals surface area contributed by atoms with Crippen LogP contribution in [0.2, 0.25) is 0 Å². The Bertz CT molecular complexity index is 3380. The van der Waals surface area contributed by atoms with Crippen LogP contribution in [-0.4, -0.2) is 12.3 Å². The Morgan fingerprint density at radius 3 is 2.03 bits per heavy atom. The molecular formula is C62H66BN2S. The molecule has 0 saturated heterocycles. The molecule has 0 bridgehead atoms. The second-order valence-corrected chi connectivity index (χ2v) is 25.2. The molecule has 1 N–H and O–H groups in total. The molecular weight excluding hydrogens is 816 g/mol. The van der Waals surface area contributed by atoms with Crippen LogP contribution >= 0.6 is 11.3 Å². The number of rotatable bonds is 5. The molecule has 0 unspecified atom stereocenters. The number of aryl methyl sites for hydroxylation is 2. The minimum Gasteiger partial charge on any atom is -0.354 e. The fourth-order valence-corrected chi connectivity index (χ4v) is 14.3. The quantitative estimate of drug-likeness (QED) is 0.171. The van der Waals surface area contributed by atoms with Crippen molar-refractivity contribution in [3.05, 3.63) is 136 Å². The minimum absolute atomic E-state index is 0.0738. The number of anilines is 3. The van der Waals surface area contributed by atoms with Crippen molar-refractivity contribution >= 4 is 77.8 Å². The third kappa shape index (κ3) is 5.98. The predicted octanol–water partition coefficient (Wildman–Crippen LogP) is 16.3. The summed E-state index contributed by atoms with van der Waals surface area (Å²) in [6.45, 7) is 29.3. The summed E-state index contributed by atoms with van der Waals surface area (Å²) in [7, 11) is 2.62. The Morgan fingerprint density at radius 1 is 0.621 bits per heavy atom. The number of unbranched alkanes of at least 4 members (excludes halogenated alkanes) is 1. The third-order valence-corrected chi connectivity index (χ3v) is 18.5. The van der Waals surface area contributed by atoms with Crippen molar-refractivity contribution in [1.82, 2.24) is 4.98 Å². The first-order valence-electron chi connectivity index (χ1n) is 25.1. The van der Waals surface area contributed by atoms with Gasteiger partial charge in [-0.05, 0) is 188 Å². The third-order valence-electron chi connectivity index (χ3n) is 17.4. The van der Waals surface area contributed by atoms with Crippen molar-refractivity contribution in [3.8, 4) is 22.3 Å². The van der Waals surface area contributed by atoms with E-state index in [2.05, 4.69) is 191 Å². The normalized spacial score (nSPS) is 18.9. The Balaban J connectivity index is 1.23. The second kappa shape index (κ2) is 14.0. The maximum atomic E-state index is 4.06. The molecule has 66 heavy (non-hydrogen) atoms. The molecule has 0 fully saturated rings. The monoisotopic (exact) mass is 882 g/mol. The molecule has 1 aliphatic heterocycles. The lowest BCUT2D eigenvalue weighted by atomic mass is 9.59. The van der Waals surface area contributed by atoms with Crippen LogP contribution in [0.4, 0.5) is 17.1 Å². The summed E-state index contributed by atoms with van der Waals surface area (Å²) in [5.74, 6) is 0. The van der Waals surface area contributed by atoms with Crippen molar-refractivity contribution in [3.63, 3.8) is 0 Å². The van der Waals surface area contributed by atoms with E-state index in [4.69, 9.17) is 0 Å². The first-order valence-corrected chi connectivity index (χ1v) is 25.9. The molecule has 0 atom stereocenters. The number of aromatic amines is 1. The van der Waals surface area contributed by atoms with Crippen LogP contribution in [0.3, 0.4) is 0 Å². The zero-order chi connectivity index (χ0) is 46.0. The number of nitrogens with zero attached hydrogens (tertiary/aromatic N) is 1. The van der Waals surface area contributed by atoms with Gasteiger partial charge in [0, 0.05) is 48.7 Å². The Kier molecular flexibility index (Phi) is 8.98. The van der Waals surface area contributed by atoms with Gasteiger partial charge in [0.25, 0.3) is 0 Å². The van der Waals surface area contributed by atoms with Crippen molar-refractivity contribution in [2.45, 2.75) is 155 Å². The molecule has 2 nitrogen and oxygen atoms in total. The molecule has 2 aromatic heterocycles. The van der Waals surface area contributed by atoms with Crippen LogP contribution in [0.15, 0.2) is 91.0 Å². The molecule has 0 spiro atoms. The highest BCUT2D eigenvalue weighted by Gasteiger charge is 2.45. The number of fused-ring (bicyclic) bond motifs is 12. The highest BCUT2D eigenvalue weighted by atomic mass is 32.1. The Morgan fingerprint density at radius 2 is 1.30 bits per heavy atom. The molecule has 333 valence electrons. The molecule has 0 saturated carbocycles. The van der Waals surface area contributed by atoms with E-state index < -0.39 is 0 Å². The van der Waals surface area contributed by atoms with Gasteiger partial charge in [-0.3, -0.25) is 0 Å². The van der Waals surface area contributed by atoms with Gasteiger partial charge < -0.3 is 9.88 Å². The molecule has 3 aliphatic carbocycles. The van der Waals surface area contributed by atoms with Crippen LogP contribution in [0.1, 0.15) is 159 Å². The zero-order valence-corrected chi connectivity index (χ0v) is 42.4. The van der Waals surface area contributed by atoms with E-state index in [0.717, 1.165) is 6.42 Å². The summed E-state index contributed by atoms with van der Waals surface area (Å²) in [5.41, 5.74) is 25.0. The number of H-pyrrole nitrogens is 1. The number of thiophene rings is 1. The summed E-state index contributed by atoms with van der Waals surface area (Å²) >= 11 is 2.01. The van der Waals surface area contributed by atoms with E-state index in [9.17, 15) is 0 Å². The second-order valence-electron chi connectivity index (χ2n) is 24.1. The van der Waals surface area contributed by atoms with Gasteiger partial charge in [0.1, 0.15) is 0 Å². The molecule has 4 aliphatic rings. The fourth-order valence-electron chi connectivity index (χ4n) is 13.2.